The Labute approximate surface area is 111 Å². The summed E-state index contributed by atoms with van der Waals surface area (Å²) in [5.74, 6) is -0.0352. The second-order valence-corrected chi connectivity index (χ2v) is 6.61. The zero-order chi connectivity index (χ0) is 13.8. The second kappa shape index (κ2) is 6.53. The van der Waals surface area contributed by atoms with E-state index in [1.165, 1.54) is 19.3 Å². The molecule has 106 valence electrons. The van der Waals surface area contributed by atoms with Gasteiger partial charge in [0, 0.05) is 12.6 Å². The average Bonchev–Trinajstić information content (AvgIpc) is 2.27. The maximum absolute atomic E-state index is 12.0. The normalized spacial score (nSPS) is 21.4. The summed E-state index contributed by atoms with van der Waals surface area (Å²) in [5.41, 5.74) is 5.76. The molecular formula is C14H29N3O. The van der Waals surface area contributed by atoms with Crippen molar-refractivity contribution in [3.05, 3.63) is 0 Å². The fraction of sp³-hybridized carbons (Fsp3) is 0.929. The van der Waals surface area contributed by atoms with E-state index in [2.05, 4.69) is 17.1 Å². The van der Waals surface area contributed by atoms with Gasteiger partial charge in [-0.15, -0.1) is 0 Å². The molecule has 0 spiro atoms. The van der Waals surface area contributed by atoms with Crippen LogP contribution in [0, 0.1) is 5.41 Å². The van der Waals surface area contributed by atoms with E-state index >= 15 is 0 Å². The number of hydrogen-bond acceptors (Lipinski definition) is 3. The molecule has 2 unspecified atom stereocenters. The molecule has 1 aliphatic rings. The molecule has 0 bridgehead atoms. The van der Waals surface area contributed by atoms with Crippen LogP contribution in [0.1, 0.15) is 47.0 Å². The number of piperidine rings is 1. The number of amides is 1. The largest absolute Gasteiger partial charge is 0.351 e. The highest BCUT2D eigenvalue weighted by atomic mass is 16.2. The van der Waals surface area contributed by atoms with Gasteiger partial charge in [0.2, 0.25) is 5.91 Å². The lowest BCUT2D eigenvalue weighted by Gasteiger charge is -2.31. The molecule has 0 aromatic heterocycles. The molecular weight excluding hydrogens is 226 g/mol. The monoisotopic (exact) mass is 255 g/mol. The van der Waals surface area contributed by atoms with Crippen molar-refractivity contribution in [3.8, 4) is 0 Å². The Morgan fingerprint density at radius 1 is 1.28 bits per heavy atom. The molecule has 0 aromatic carbocycles. The number of nitrogens with zero attached hydrogens (tertiary/aromatic N) is 1. The molecule has 0 aromatic rings. The summed E-state index contributed by atoms with van der Waals surface area (Å²) in [5, 5.41) is 3.03. The van der Waals surface area contributed by atoms with Crippen molar-refractivity contribution in [1.82, 2.24) is 10.2 Å². The van der Waals surface area contributed by atoms with Crippen LogP contribution >= 0.6 is 0 Å². The van der Waals surface area contributed by atoms with Crippen LogP contribution in [0.15, 0.2) is 0 Å². The van der Waals surface area contributed by atoms with Gasteiger partial charge in [-0.3, -0.25) is 4.79 Å². The van der Waals surface area contributed by atoms with Crippen molar-refractivity contribution in [2.24, 2.45) is 11.1 Å². The molecule has 2 atom stereocenters. The highest BCUT2D eigenvalue weighted by molar-refractivity contribution is 5.82. The lowest BCUT2D eigenvalue weighted by molar-refractivity contribution is -0.125. The number of nitrogens with two attached hydrogens (primary N) is 1. The van der Waals surface area contributed by atoms with Crippen LogP contribution < -0.4 is 11.1 Å². The second-order valence-electron chi connectivity index (χ2n) is 6.61. The van der Waals surface area contributed by atoms with Crippen molar-refractivity contribution < 1.29 is 4.79 Å². The summed E-state index contributed by atoms with van der Waals surface area (Å²) in [7, 11) is 0. The predicted octanol–water partition coefficient (Wildman–Crippen LogP) is 1.35. The maximum atomic E-state index is 12.0. The van der Waals surface area contributed by atoms with E-state index in [1.807, 2.05) is 20.8 Å². The van der Waals surface area contributed by atoms with E-state index in [-0.39, 0.29) is 17.4 Å². The van der Waals surface area contributed by atoms with Gasteiger partial charge in [0.05, 0.1) is 6.04 Å². The minimum atomic E-state index is -0.443. The van der Waals surface area contributed by atoms with Crippen LogP contribution in [0.4, 0.5) is 0 Å². The highest BCUT2D eigenvalue weighted by Gasteiger charge is 2.28. The molecule has 1 amide bonds. The molecule has 3 N–H and O–H groups in total. The zero-order valence-corrected chi connectivity index (χ0v) is 12.3. The number of rotatable bonds is 4. The first-order valence-electron chi connectivity index (χ1n) is 7.09. The minimum absolute atomic E-state index is 0.0352. The Hall–Kier alpha value is -0.610. The standard InChI is InChI=1S/C14H29N3O/c1-11(10-17-8-6-5-7-9-17)16-13(18)12(15)14(2,3)4/h11-12H,5-10,15H2,1-4H3,(H,16,18). The minimum Gasteiger partial charge on any atom is -0.351 e. The number of nitrogens with one attached hydrogen (secondary N) is 1. The number of hydrogen-bond donors (Lipinski definition) is 2. The Bertz CT molecular complexity index is 267. The summed E-state index contributed by atoms with van der Waals surface area (Å²) in [4.78, 5) is 14.4. The van der Waals surface area contributed by atoms with E-state index in [9.17, 15) is 4.79 Å². The summed E-state index contributed by atoms with van der Waals surface area (Å²) in [6.45, 7) is 11.3. The quantitative estimate of drug-likeness (QED) is 0.797. The van der Waals surface area contributed by atoms with Gasteiger partial charge in [-0.1, -0.05) is 27.2 Å². The lowest BCUT2D eigenvalue weighted by atomic mass is 9.87. The van der Waals surface area contributed by atoms with Crippen LogP contribution in [0.25, 0.3) is 0 Å². The van der Waals surface area contributed by atoms with Gasteiger partial charge in [-0.2, -0.15) is 0 Å². The first-order valence-corrected chi connectivity index (χ1v) is 7.09. The van der Waals surface area contributed by atoms with E-state index in [0.717, 1.165) is 19.6 Å². The molecule has 0 aliphatic carbocycles. The highest BCUT2D eigenvalue weighted by Crippen LogP contribution is 2.17. The first-order chi connectivity index (χ1) is 8.30. The molecule has 1 rings (SSSR count). The van der Waals surface area contributed by atoms with Gasteiger partial charge in [-0.05, 0) is 38.3 Å². The third kappa shape index (κ3) is 4.94. The summed E-state index contributed by atoms with van der Waals surface area (Å²) in [6, 6.07) is -0.273. The van der Waals surface area contributed by atoms with Gasteiger partial charge >= 0.3 is 0 Å². The summed E-state index contributed by atoms with van der Waals surface area (Å²) < 4.78 is 0. The van der Waals surface area contributed by atoms with E-state index in [4.69, 9.17) is 5.73 Å². The van der Waals surface area contributed by atoms with Crippen molar-refractivity contribution in [3.63, 3.8) is 0 Å². The SMILES string of the molecule is CC(CN1CCCCC1)NC(=O)C(N)C(C)(C)C. The van der Waals surface area contributed by atoms with Crippen molar-refractivity contribution in [2.75, 3.05) is 19.6 Å². The fourth-order valence-electron chi connectivity index (χ4n) is 2.30. The van der Waals surface area contributed by atoms with Crippen molar-refractivity contribution in [2.45, 2.75) is 59.0 Å². The van der Waals surface area contributed by atoms with Gasteiger partial charge < -0.3 is 16.0 Å². The van der Waals surface area contributed by atoms with Crippen LogP contribution in [0.5, 0.6) is 0 Å². The Kier molecular flexibility index (Phi) is 5.60. The predicted molar refractivity (Wildman–Crippen MR) is 75.3 cm³/mol. The average molecular weight is 255 g/mol. The van der Waals surface area contributed by atoms with Crippen LogP contribution in [0.2, 0.25) is 0 Å². The molecule has 1 saturated heterocycles. The zero-order valence-electron chi connectivity index (χ0n) is 12.3. The van der Waals surface area contributed by atoms with Crippen LogP contribution in [-0.2, 0) is 4.79 Å². The molecule has 1 aliphatic heterocycles. The van der Waals surface area contributed by atoms with Gasteiger partial charge in [0.1, 0.15) is 0 Å². The molecule has 0 radical (unpaired) electrons. The summed E-state index contributed by atoms with van der Waals surface area (Å²) in [6.07, 6.45) is 3.90. The molecule has 1 heterocycles. The van der Waals surface area contributed by atoms with Crippen molar-refractivity contribution in [1.29, 1.82) is 0 Å². The Balaban J connectivity index is 2.34. The first kappa shape index (κ1) is 15.4. The molecule has 1 fully saturated rings. The van der Waals surface area contributed by atoms with Crippen LogP contribution in [-0.4, -0.2) is 42.5 Å². The molecule has 0 saturated carbocycles. The molecule has 4 heteroatoms. The number of carbonyl (C=O) groups is 1. The number of likely N-dealkylation sites (tertiary alicyclic amines) is 1. The molecule has 4 nitrogen and oxygen atoms in total. The van der Waals surface area contributed by atoms with E-state index in [0.29, 0.717) is 0 Å². The van der Waals surface area contributed by atoms with Gasteiger partial charge in [0.15, 0.2) is 0 Å². The third-order valence-electron chi connectivity index (χ3n) is 3.58. The van der Waals surface area contributed by atoms with E-state index < -0.39 is 6.04 Å². The van der Waals surface area contributed by atoms with Crippen molar-refractivity contribution >= 4 is 5.91 Å². The molecule has 18 heavy (non-hydrogen) atoms. The Morgan fingerprint density at radius 2 is 1.83 bits per heavy atom. The van der Waals surface area contributed by atoms with Gasteiger partial charge in [0.25, 0.3) is 0 Å². The number of carbonyl (C=O) groups excluding carboxylic acids is 1. The Morgan fingerprint density at radius 3 is 2.33 bits per heavy atom. The smallest absolute Gasteiger partial charge is 0.237 e. The topological polar surface area (TPSA) is 58.4 Å². The third-order valence-corrected chi connectivity index (χ3v) is 3.58. The fourth-order valence-corrected chi connectivity index (χ4v) is 2.30. The van der Waals surface area contributed by atoms with Crippen LogP contribution in [0.3, 0.4) is 0 Å². The lowest BCUT2D eigenvalue weighted by Crippen LogP contribution is -2.53. The summed E-state index contributed by atoms with van der Waals surface area (Å²) >= 11 is 0. The van der Waals surface area contributed by atoms with E-state index in [1.54, 1.807) is 0 Å². The van der Waals surface area contributed by atoms with Gasteiger partial charge in [-0.25, -0.2) is 0 Å². The maximum Gasteiger partial charge on any atom is 0.237 e.